The van der Waals surface area contributed by atoms with Gasteiger partial charge in [0.1, 0.15) is 0 Å². The first-order chi connectivity index (χ1) is 9.41. The molecule has 1 aromatic rings. The molecular weight excluding hydrogens is 252 g/mol. The fourth-order valence-electron chi connectivity index (χ4n) is 2.17. The highest BCUT2D eigenvalue weighted by Crippen LogP contribution is 2.33. The molecule has 0 saturated heterocycles. The maximum absolute atomic E-state index is 12.0. The van der Waals surface area contributed by atoms with Crippen LogP contribution in [-0.2, 0) is 9.59 Å². The van der Waals surface area contributed by atoms with Gasteiger partial charge in [0.2, 0.25) is 11.8 Å². The summed E-state index contributed by atoms with van der Waals surface area (Å²) in [5.41, 5.74) is 3.57. The molecule has 2 rings (SSSR count). The van der Waals surface area contributed by atoms with E-state index in [4.69, 9.17) is 0 Å². The second-order valence-corrected chi connectivity index (χ2v) is 5.01. The third-order valence-electron chi connectivity index (χ3n) is 3.25. The summed E-state index contributed by atoms with van der Waals surface area (Å²) >= 11 is 0. The molecule has 2 amide bonds. The van der Waals surface area contributed by atoms with E-state index in [-0.39, 0.29) is 11.8 Å². The minimum Gasteiger partial charge on any atom is -0.345 e. The first-order valence-corrected chi connectivity index (χ1v) is 6.43. The second-order valence-electron chi connectivity index (χ2n) is 5.01. The lowest BCUT2D eigenvalue weighted by molar-refractivity contribution is -0.123. The zero-order chi connectivity index (χ0) is 14.9. The number of likely N-dealkylation sites (N-methyl/N-ethyl adjacent to an activating group) is 1. The van der Waals surface area contributed by atoms with E-state index in [1.54, 1.807) is 20.3 Å². The minimum atomic E-state index is -0.144. The van der Waals surface area contributed by atoms with Crippen LogP contribution in [0.1, 0.15) is 25.0 Å². The lowest BCUT2D eigenvalue weighted by atomic mass is 9.94. The second kappa shape index (κ2) is 5.33. The highest BCUT2D eigenvalue weighted by molar-refractivity contribution is 6.01. The standard InChI is InChI=1S/C16H18N2O2/c1-11-10-18(12(2)19)15(9-16(20)17(3)4)14-8-6-5-7-13(11)14/h5-10H,1-4H3/b15-9-. The van der Waals surface area contributed by atoms with Gasteiger partial charge in [-0.15, -0.1) is 0 Å². The predicted octanol–water partition coefficient (Wildman–Crippen LogP) is 2.34. The van der Waals surface area contributed by atoms with Crippen LogP contribution in [0.4, 0.5) is 0 Å². The number of benzene rings is 1. The fraction of sp³-hybridized carbons (Fsp3) is 0.250. The molecule has 1 aromatic carbocycles. The van der Waals surface area contributed by atoms with Crippen LogP contribution in [0.25, 0.3) is 11.3 Å². The number of carbonyl (C=O) groups is 2. The lowest BCUT2D eigenvalue weighted by Gasteiger charge is -2.28. The molecule has 0 saturated carbocycles. The van der Waals surface area contributed by atoms with Crippen molar-refractivity contribution in [1.82, 2.24) is 9.80 Å². The van der Waals surface area contributed by atoms with Crippen LogP contribution in [0.2, 0.25) is 0 Å². The molecular formula is C16H18N2O2. The molecule has 0 bridgehead atoms. The first kappa shape index (κ1) is 14.1. The van der Waals surface area contributed by atoms with Gasteiger partial charge in [-0.2, -0.15) is 0 Å². The maximum Gasteiger partial charge on any atom is 0.248 e. The number of hydrogen-bond donors (Lipinski definition) is 0. The number of fused-ring (bicyclic) bond motifs is 1. The Labute approximate surface area is 119 Å². The molecule has 104 valence electrons. The summed E-state index contributed by atoms with van der Waals surface area (Å²) in [5.74, 6) is -0.259. The Morgan fingerprint density at radius 1 is 1.15 bits per heavy atom. The van der Waals surface area contributed by atoms with Crippen molar-refractivity contribution in [2.24, 2.45) is 0 Å². The van der Waals surface area contributed by atoms with Gasteiger partial charge in [0.15, 0.2) is 0 Å². The fourth-order valence-corrected chi connectivity index (χ4v) is 2.17. The zero-order valence-electron chi connectivity index (χ0n) is 12.2. The largest absolute Gasteiger partial charge is 0.345 e. The summed E-state index contributed by atoms with van der Waals surface area (Å²) < 4.78 is 0. The normalized spacial score (nSPS) is 15.7. The van der Waals surface area contributed by atoms with Crippen molar-refractivity contribution in [2.75, 3.05) is 14.1 Å². The van der Waals surface area contributed by atoms with E-state index in [0.717, 1.165) is 16.7 Å². The van der Waals surface area contributed by atoms with E-state index in [0.29, 0.717) is 5.70 Å². The van der Waals surface area contributed by atoms with Crippen LogP contribution in [-0.4, -0.2) is 35.7 Å². The van der Waals surface area contributed by atoms with Gasteiger partial charge in [0.05, 0.1) is 5.70 Å². The smallest absolute Gasteiger partial charge is 0.248 e. The molecule has 20 heavy (non-hydrogen) atoms. The maximum atomic E-state index is 12.0. The van der Waals surface area contributed by atoms with E-state index in [1.807, 2.05) is 31.2 Å². The zero-order valence-corrected chi connectivity index (χ0v) is 12.2. The highest BCUT2D eigenvalue weighted by Gasteiger charge is 2.23. The third kappa shape index (κ3) is 2.50. The minimum absolute atomic E-state index is 0.114. The number of rotatable bonds is 1. The van der Waals surface area contributed by atoms with Gasteiger partial charge in [-0.3, -0.25) is 14.5 Å². The lowest BCUT2D eigenvalue weighted by Crippen LogP contribution is -2.27. The molecule has 4 nitrogen and oxygen atoms in total. The van der Waals surface area contributed by atoms with Gasteiger partial charge in [-0.05, 0) is 18.1 Å². The topological polar surface area (TPSA) is 40.6 Å². The van der Waals surface area contributed by atoms with Gasteiger partial charge in [-0.25, -0.2) is 0 Å². The van der Waals surface area contributed by atoms with Crippen molar-refractivity contribution in [2.45, 2.75) is 13.8 Å². The van der Waals surface area contributed by atoms with E-state index in [9.17, 15) is 9.59 Å². The Bertz CT molecular complexity index is 627. The Hall–Kier alpha value is -2.36. The van der Waals surface area contributed by atoms with Crippen molar-refractivity contribution in [3.05, 3.63) is 47.7 Å². The summed E-state index contributed by atoms with van der Waals surface area (Å²) in [7, 11) is 3.38. The SMILES string of the molecule is CC(=O)N1C=C(C)c2ccccc2/C1=C/C(=O)N(C)C. The number of allylic oxidation sites excluding steroid dienone is 1. The van der Waals surface area contributed by atoms with Crippen molar-refractivity contribution in [1.29, 1.82) is 0 Å². The first-order valence-electron chi connectivity index (χ1n) is 6.43. The third-order valence-corrected chi connectivity index (χ3v) is 3.25. The summed E-state index contributed by atoms with van der Waals surface area (Å²) in [6, 6.07) is 7.78. The Kier molecular flexibility index (Phi) is 3.74. The predicted molar refractivity (Wildman–Crippen MR) is 79.3 cm³/mol. The molecule has 0 fully saturated rings. The molecule has 0 aromatic heterocycles. The van der Waals surface area contributed by atoms with Gasteiger partial charge in [0.25, 0.3) is 0 Å². The monoisotopic (exact) mass is 270 g/mol. The highest BCUT2D eigenvalue weighted by atomic mass is 16.2. The van der Waals surface area contributed by atoms with Crippen LogP contribution in [0, 0.1) is 0 Å². The number of amides is 2. The molecule has 4 heteroatoms. The van der Waals surface area contributed by atoms with Gasteiger partial charge in [0, 0.05) is 38.9 Å². The van der Waals surface area contributed by atoms with Crippen LogP contribution in [0.5, 0.6) is 0 Å². The van der Waals surface area contributed by atoms with Crippen LogP contribution in [0.3, 0.4) is 0 Å². The molecule has 0 atom stereocenters. The molecule has 0 N–H and O–H groups in total. The quantitative estimate of drug-likeness (QED) is 0.735. The molecule has 0 aliphatic carbocycles. The Morgan fingerprint density at radius 2 is 1.75 bits per heavy atom. The van der Waals surface area contributed by atoms with Crippen LogP contribution >= 0.6 is 0 Å². The molecule has 1 aliphatic rings. The van der Waals surface area contributed by atoms with Crippen LogP contribution < -0.4 is 0 Å². The summed E-state index contributed by atoms with van der Waals surface area (Å²) in [4.78, 5) is 26.8. The van der Waals surface area contributed by atoms with E-state index >= 15 is 0 Å². The van der Waals surface area contributed by atoms with Crippen molar-refractivity contribution < 1.29 is 9.59 Å². The molecule has 0 unspecified atom stereocenters. The number of hydrogen-bond acceptors (Lipinski definition) is 2. The van der Waals surface area contributed by atoms with Gasteiger partial charge < -0.3 is 4.90 Å². The van der Waals surface area contributed by atoms with E-state index < -0.39 is 0 Å². The Morgan fingerprint density at radius 3 is 2.30 bits per heavy atom. The van der Waals surface area contributed by atoms with Crippen LogP contribution in [0.15, 0.2) is 36.5 Å². The van der Waals surface area contributed by atoms with E-state index in [2.05, 4.69) is 0 Å². The molecule has 0 spiro atoms. The number of nitrogens with zero attached hydrogens (tertiary/aromatic N) is 2. The van der Waals surface area contributed by atoms with Crippen molar-refractivity contribution in [3.63, 3.8) is 0 Å². The molecule has 0 radical (unpaired) electrons. The van der Waals surface area contributed by atoms with Crippen molar-refractivity contribution in [3.8, 4) is 0 Å². The molecule has 1 heterocycles. The average Bonchev–Trinajstić information content (AvgIpc) is 2.41. The average molecular weight is 270 g/mol. The van der Waals surface area contributed by atoms with Crippen molar-refractivity contribution >= 4 is 23.1 Å². The van der Waals surface area contributed by atoms with Gasteiger partial charge in [-0.1, -0.05) is 24.3 Å². The van der Waals surface area contributed by atoms with E-state index in [1.165, 1.54) is 22.8 Å². The Balaban J connectivity index is 2.62. The number of carbonyl (C=O) groups excluding carboxylic acids is 2. The summed E-state index contributed by atoms with van der Waals surface area (Å²) in [5, 5.41) is 0. The summed E-state index contributed by atoms with van der Waals surface area (Å²) in [6.45, 7) is 3.45. The summed E-state index contributed by atoms with van der Waals surface area (Å²) in [6.07, 6.45) is 3.28. The molecule has 1 aliphatic heterocycles. The van der Waals surface area contributed by atoms with Gasteiger partial charge >= 0.3 is 0 Å².